The molecule has 1 amide bonds. The Hall–Kier alpha value is -1.51. The molecule has 1 N–H and O–H groups in total. The molecular weight excluding hydrogens is 236 g/mol. The van der Waals surface area contributed by atoms with Crippen LogP contribution >= 0.6 is 0 Å². The van der Waals surface area contributed by atoms with Crippen molar-refractivity contribution in [1.82, 2.24) is 4.90 Å². The smallest absolute Gasteiger partial charge is 0.253 e. The van der Waals surface area contributed by atoms with Crippen molar-refractivity contribution in [2.24, 2.45) is 5.92 Å². The molecule has 0 aromatic heterocycles. The topological polar surface area (TPSA) is 32.3 Å². The zero-order valence-corrected chi connectivity index (χ0v) is 11.6. The third kappa shape index (κ3) is 2.60. The summed E-state index contributed by atoms with van der Waals surface area (Å²) in [6.07, 6.45) is 6.29. The Bertz CT molecular complexity index is 478. The molecule has 0 radical (unpaired) electrons. The van der Waals surface area contributed by atoms with Gasteiger partial charge in [-0.15, -0.1) is 0 Å². The van der Waals surface area contributed by atoms with Gasteiger partial charge in [-0.05, 0) is 42.9 Å². The molecule has 3 heteroatoms. The average Bonchev–Trinajstić information content (AvgIpc) is 3.07. The Balaban J connectivity index is 1.68. The predicted molar refractivity (Wildman–Crippen MR) is 77.6 cm³/mol. The molecule has 2 aliphatic rings. The fraction of sp³-hybridized carbons (Fsp3) is 0.562. The average molecular weight is 258 g/mol. The number of amides is 1. The van der Waals surface area contributed by atoms with Gasteiger partial charge in [0.1, 0.15) is 0 Å². The van der Waals surface area contributed by atoms with Gasteiger partial charge in [0.05, 0.1) is 0 Å². The number of rotatable bonds is 3. The highest BCUT2D eigenvalue weighted by Crippen LogP contribution is 2.27. The number of fused-ring (bicyclic) bond motifs is 1. The Morgan fingerprint density at radius 2 is 2.16 bits per heavy atom. The first-order chi connectivity index (χ1) is 9.24. The third-order valence-electron chi connectivity index (χ3n) is 4.42. The number of anilines is 1. The standard InChI is InChI=1S/C16H22N2O/c1-18(11-12-4-2-3-5-12)16(19)14-7-6-13-8-9-17-15(13)10-14/h6-7,10,12,17H,2-5,8-9,11H2,1H3. The van der Waals surface area contributed by atoms with Crippen molar-refractivity contribution >= 4 is 11.6 Å². The number of benzene rings is 1. The van der Waals surface area contributed by atoms with E-state index in [4.69, 9.17) is 0 Å². The second-order valence-corrected chi connectivity index (χ2v) is 5.88. The van der Waals surface area contributed by atoms with Crippen LogP contribution in [0.15, 0.2) is 18.2 Å². The highest BCUT2D eigenvalue weighted by molar-refractivity contribution is 5.95. The van der Waals surface area contributed by atoms with Gasteiger partial charge in [-0.25, -0.2) is 0 Å². The summed E-state index contributed by atoms with van der Waals surface area (Å²) < 4.78 is 0. The Kier molecular flexibility index (Phi) is 3.45. The summed E-state index contributed by atoms with van der Waals surface area (Å²) in [5.41, 5.74) is 3.28. The Morgan fingerprint density at radius 1 is 1.37 bits per heavy atom. The lowest BCUT2D eigenvalue weighted by Crippen LogP contribution is -2.31. The van der Waals surface area contributed by atoms with Crippen LogP contribution in [0.25, 0.3) is 0 Å². The quantitative estimate of drug-likeness (QED) is 0.904. The monoisotopic (exact) mass is 258 g/mol. The van der Waals surface area contributed by atoms with E-state index in [9.17, 15) is 4.79 Å². The SMILES string of the molecule is CN(CC1CCCC1)C(=O)c1ccc2c(c1)NCC2. The summed E-state index contributed by atoms with van der Waals surface area (Å²) in [5.74, 6) is 0.866. The Morgan fingerprint density at radius 3 is 2.95 bits per heavy atom. The highest BCUT2D eigenvalue weighted by Gasteiger charge is 2.21. The van der Waals surface area contributed by atoms with Crippen LogP contribution in [0, 0.1) is 5.92 Å². The lowest BCUT2D eigenvalue weighted by molar-refractivity contribution is 0.0773. The van der Waals surface area contributed by atoms with E-state index < -0.39 is 0 Å². The molecule has 102 valence electrons. The van der Waals surface area contributed by atoms with Crippen LogP contribution in [-0.4, -0.2) is 30.9 Å². The van der Waals surface area contributed by atoms with E-state index in [1.165, 1.54) is 31.2 Å². The number of carbonyl (C=O) groups excluding carboxylic acids is 1. The minimum absolute atomic E-state index is 0.156. The van der Waals surface area contributed by atoms with Crippen LogP contribution in [0.2, 0.25) is 0 Å². The minimum Gasteiger partial charge on any atom is -0.384 e. The van der Waals surface area contributed by atoms with E-state index in [0.29, 0.717) is 5.92 Å². The van der Waals surface area contributed by atoms with E-state index in [1.54, 1.807) is 0 Å². The maximum Gasteiger partial charge on any atom is 0.253 e. The van der Waals surface area contributed by atoms with Gasteiger partial charge < -0.3 is 10.2 Å². The van der Waals surface area contributed by atoms with Crippen molar-refractivity contribution in [3.05, 3.63) is 29.3 Å². The molecule has 1 aromatic rings. The van der Waals surface area contributed by atoms with Crippen LogP contribution in [0.4, 0.5) is 5.69 Å². The van der Waals surface area contributed by atoms with E-state index in [-0.39, 0.29) is 5.91 Å². The maximum atomic E-state index is 12.4. The first-order valence-electron chi connectivity index (χ1n) is 7.36. The summed E-state index contributed by atoms with van der Waals surface area (Å²) in [7, 11) is 1.93. The zero-order chi connectivity index (χ0) is 13.2. The van der Waals surface area contributed by atoms with E-state index in [0.717, 1.165) is 30.8 Å². The lowest BCUT2D eigenvalue weighted by Gasteiger charge is -2.21. The second-order valence-electron chi connectivity index (χ2n) is 5.88. The van der Waals surface area contributed by atoms with Crippen molar-refractivity contribution in [1.29, 1.82) is 0 Å². The summed E-state index contributed by atoms with van der Waals surface area (Å²) in [4.78, 5) is 14.3. The fourth-order valence-corrected chi connectivity index (χ4v) is 3.31. The van der Waals surface area contributed by atoms with Gasteiger partial charge in [0.2, 0.25) is 0 Å². The minimum atomic E-state index is 0.156. The molecule has 1 aliphatic carbocycles. The van der Waals surface area contributed by atoms with E-state index in [2.05, 4.69) is 11.4 Å². The summed E-state index contributed by atoms with van der Waals surface area (Å²) in [6.45, 7) is 1.90. The third-order valence-corrected chi connectivity index (χ3v) is 4.42. The van der Waals surface area contributed by atoms with E-state index in [1.807, 2.05) is 24.1 Å². The number of nitrogens with one attached hydrogen (secondary N) is 1. The van der Waals surface area contributed by atoms with Gasteiger partial charge in [0.15, 0.2) is 0 Å². The van der Waals surface area contributed by atoms with Gasteiger partial charge in [0, 0.05) is 31.4 Å². The molecule has 3 rings (SSSR count). The van der Waals surface area contributed by atoms with Crippen LogP contribution in [-0.2, 0) is 6.42 Å². The van der Waals surface area contributed by atoms with Crippen LogP contribution in [0.1, 0.15) is 41.6 Å². The molecule has 0 spiro atoms. The van der Waals surface area contributed by atoms with E-state index >= 15 is 0 Å². The van der Waals surface area contributed by atoms with Gasteiger partial charge in [-0.2, -0.15) is 0 Å². The Labute approximate surface area is 115 Å². The van der Waals surface area contributed by atoms with Crippen molar-refractivity contribution < 1.29 is 4.79 Å². The molecule has 1 heterocycles. The number of nitrogens with zero attached hydrogens (tertiary/aromatic N) is 1. The normalized spacial score (nSPS) is 18.2. The number of hydrogen-bond donors (Lipinski definition) is 1. The molecule has 1 saturated carbocycles. The zero-order valence-electron chi connectivity index (χ0n) is 11.6. The van der Waals surface area contributed by atoms with Gasteiger partial charge >= 0.3 is 0 Å². The van der Waals surface area contributed by atoms with Gasteiger partial charge in [0.25, 0.3) is 5.91 Å². The number of hydrogen-bond acceptors (Lipinski definition) is 2. The van der Waals surface area contributed by atoms with Crippen molar-refractivity contribution in [2.45, 2.75) is 32.1 Å². The first kappa shape index (κ1) is 12.5. The number of carbonyl (C=O) groups is 1. The molecule has 0 bridgehead atoms. The summed E-state index contributed by atoms with van der Waals surface area (Å²) in [6, 6.07) is 6.07. The molecule has 0 unspecified atom stereocenters. The summed E-state index contributed by atoms with van der Waals surface area (Å²) in [5, 5.41) is 3.34. The molecule has 0 saturated heterocycles. The van der Waals surface area contributed by atoms with Gasteiger partial charge in [-0.1, -0.05) is 18.9 Å². The molecule has 3 nitrogen and oxygen atoms in total. The van der Waals surface area contributed by atoms with Crippen molar-refractivity contribution in [2.75, 3.05) is 25.5 Å². The molecule has 1 aliphatic heterocycles. The lowest BCUT2D eigenvalue weighted by atomic mass is 10.1. The fourth-order valence-electron chi connectivity index (χ4n) is 3.31. The van der Waals surface area contributed by atoms with Crippen LogP contribution in [0.3, 0.4) is 0 Å². The van der Waals surface area contributed by atoms with Crippen LogP contribution < -0.4 is 5.32 Å². The molecule has 1 fully saturated rings. The van der Waals surface area contributed by atoms with Crippen molar-refractivity contribution in [3.8, 4) is 0 Å². The maximum absolute atomic E-state index is 12.4. The molecule has 19 heavy (non-hydrogen) atoms. The van der Waals surface area contributed by atoms with Crippen molar-refractivity contribution in [3.63, 3.8) is 0 Å². The van der Waals surface area contributed by atoms with Crippen LogP contribution in [0.5, 0.6) is 0 Å². The predicted octanol–water partition coefficient (Wildman–Crippen LogP) is 2.92. The second kappa shape index (κ2) is 5.24. The molecular formula is C16H22N2O. The first-order valence-corrected chi connectivity index (χ1v) is 7.36. The molecule has 1 aromatic carbocycles. The van der Waals surface area contributed by atoms with Gasteiger partial charge in [-0.3, -0.25) is 4.79 Å². The molecule has 0 atom stereocenters. The largest absolute Gasteiger partial charge is 0.384 e. The summed E-state index contributed by atoms with van der Waals surface area (Å²) >= 11 is 0. The highest BCUT2D eigenvalue weighted by atomic mass is 16.2.